The molecule has 1 unspecified atom stereocenters. The first-order chi connectivity index (χ1) is 15.9. The van der Waals surface area contributed by atoms with Crippen LogP contribution in [0.25, 0.3) is 5.76 Å². The number of rotatable bonds is 6. The number of nitrogens with zero attached hydrogens (tertiary/aromatic N) is 1. The van der Waals surface area contributed by atoms with Crippen LogP contribution in [0.2, 0.25) is 0 Å². The Bertz CT molecular complexity index is 1220. The minimum absolute atomic E-state index is 0.0249. The number of carbonyl (C=O) groups excluding carboxylic acids is 2. The van der Waals surface area contributed by atoms with Crippen molar-refractivity contribution in [3.63, 3.8) is 0 Å². The maximum absolute atomic E-state index is 13.4. The molecule has 1 N–H and O–H groups in total. The van der Waals surface area contributed by atoms with Crippen LogP contribution in [0.5, 0.6) is 5.75 Å². The lowest BCUT2D eigenvalue weighted by atomic mass is 9.94. The van der Waals surface area contributed by atoms with Crippen LogP contribution < -0.4 is 4.74 Å². The molecular weight excluding hydrogens is 421 g/mol. The minimum Gasteiger partial charge on any atom is -0.507 e. The maximum Gasteiger partial charge on any atom is 0.295 e. The molecule has 1 amide bonds. The van der Waals surface area contributed by atoms with Gasteiger partial charge < -0.3 is 14.7 Å². The van der Waals surface area contributed by atoms with Gasteiger partial charge in [0, 0.05) is 12.1 Å². The van der Waals surface area contributed by atoms with E-state index >= 15 is 0 Å². The third-order valence-electron chi connectivity index (χ3n) is 5.67. The molecule has 4 rings (SSSR count). The van der Waals surface area contributed by atoms with Crippen molar-refractivity contribution in [2.24, 2.45) is 0 Å². The molecule has 0 spiro atoms. The van der Waals surface area contributed by atoms with Gasteiger partial charge in [-0.05, 0) is 60.9 Å². The highest BCUT2D eigenvalue weighted by Crippen LogP contribution is 2.40. The molecule has 1 aliphatic rings. The minimum atomic E-state index is -0.775. The third kappa shape index (κ3) is 4.37. The van der Waals surface area contributed by atoms with Gasteiger partial charge in [0.15, 0.2) is 0 Å². The molecule has 0 aromatic heterocycles. The zero-order valence-electron chi connectivity index (χ0n) is 18.4. The van der Waals surface area contributed by atoms with E-state index in [-0.39, 0.29) is 23.7 Å². The number of amides is 1. The van der Waals surface area contributed by atoms with E-state index in [1.54, 1.807) is 30.3 Å². The zero-order chi connectivity index (χ0) is 23.5. The predicted octanol–water partition coefficient (Wildman–Crippen LogP) is 5.15. The summed E-state index contributed by atoms with van der Waals surface area (Å²) in [5.74, 6) is -1.40. The van der Waals surface area contributed by atoms with Gasteiger partial charge in [0.2, 0.25) is 0 Å². The van der Waals surface area contributed by atoms with Crippen molar-refractivity contribution in [2.45, 2.75) is 26.4 Å². The number of halogens is 1. The molecular formula is C27H24FNO4. The number of hydrogen-bond acceptors (Lipinski definition) is 4. The van der Waals surface area contributed by atoms with E-state index in [1.807, 2.05) is 44.2 Å². The second-order valence-corrected chi connectivity index (χ2v) is 7.88. The largest absolute Gasteiger partial charge is 0.507 e. The summed E-state index contributed by atoms with van der Waals surface area (Å²) in [6.45, 7) is 4.34. The van der Waals surface area contributed by atoms with Crippen LogP contribution in [0.15, 0.2) is 78.4 Å². The van der Waals surface area contributed by atoms with E-state index in [9.17, 15) is 19.1 Å². The number of aryl methyl sites for hydroxylation is 1. The van der Waals surface area contributed by atoms with Gasteiger partial charge in [-0.25, -0.2) is 4.39 Å². The first kappa shape index (κ1) is 22.3. The van der Waals surface area contributed by atoms with Gasteiger partial charge in [0.05, 0.1) is 18.2 Å². The molecule has 0 aliphatic carbocycles. The Balaban J connectivity index is 1.81. The van der Waals surface area contributed by atoms with Crippen molar-refractivity contribution in [3.05, 3.63) is 106 Å². The summed E-state index contributed by atoms with van der Waals surface area (Å²) in [7, 11) is 0. The maximum atomic E-state index is 13.4. The molecule has 3 aromatic rings. The summed E-state index contributed by atoms with van der Waals surface area (Å²) >= 11 is 0. The van der Waals surface area contributed by atoms with E-state index in [0.29, 0.717) is 29.0 Å². The highest BCUT2D eigenvalue weighted by Gasteiger charge is 2.46. The quantitative estimate of drug-likeness (QED) is 0.324. The first-order valence-corrected chi connectivity index (χ1v) is 10.7. The zero-order valence-corrected chi connectivity index (χ0v) is 18.4. The van der Waals surface area contributed by atoms with E-state index in [4.69, 9.17) is 4.74 Å². The summed E-state index contributed by atoms with van der Waals surface area (Å²) in [4.78, 5) is 27.6. The highest BCUT2D eigenvalue weighted by atomic mass is 19.1. The van der Waals surface area contributed by atoms with Crippen LogP contribution in [0.4, 0.5) is 4.39 Å². The summed E-state index contributed by atoms with van der Waals surface area (Å²) in [6, 6.07) is 19.2. The van der Waals surface area contributed by atoms with Crippen LogP contribution >= 0.6 is 0 Å². The number of ketones is 1. The first-order valence-electron chi connectivity index (χ1n) is 10.7. The molecule has 168 valence electrons. The Morgan fingerprint density at radius 1 is 1.03 bits per heavy atom. The van der Waals surface area contributed by atoms with E-state index in [2.05, 4.69) is 0 Å². The van der Waals surface area contributed by atoms with E-state index in [0.717, 1.165) is 5.56 Å². The van der Waals surface area contributed by atoms with Gasteiger partial charge in [0.1, 0.15) is 17.3 Å². The molecule has 0 saturated carbocycles. The van der Waals surface area contributed by atoms with Crippen LogP contribution in [0, 0.1) is 12.7 Å². The van der Waals surface area contributed by atoms with Crippen molar-refractivity contribution in [3.8, 4) is 5.75 Å². The number of aliphatic hydroxyl groups excluding tert-OH is 1. The fourth-order valence-corrected chi connectivity index (χ4v) is 4.08. The molecule has 0 bridgehead atoms. The number of carbonyl (C=O) groups is 2. The SMILES string of the molecule is CCOc1ccc(/C(O)=C2/C(=O)C(=O)N(Cc3ccc(F)cc3)C2c2ccccc2)cc1C. The predicted molar refractivity (Wildman–Crippen MR) is 123 cm³/mol. The Morgan fingerprint density at radius 3 is 2.36 bits per heavy atom. The monoisotopic (exact) mass is 445 g/mol. The number of Topliss-reactive ketones (excluding diaryl/α,β-unsaturated/α-hetero) is 1. The van der Waals surface area contributed by atoms with Gasteiger partial charge in [-0.3, -0.25) is 9.59 Å². The molecule has 1 heterocycles. The normalized spacial score (nSPS) is 17.4. The van der Waals surface area contributed by atoms with E-state index < -0.39 is 17.7 Å². The Labute approximate surface area is 191 Å². The highest BCUT2D eigenvalue weighted by molar-refractivity contribution is 6.46. The topological polar surface area (TPSA) is 66.8 Å². The van der Waals surface area contributed by atoms with Gasteiger partial charge in [-0.2, -0.15) is 0 Å². The average Bonchev–Trinajstić information content (AvgIpc) is 3.07. The summed E-state index contributed by atoms with van der Waals surface area (Å²) in [5, 5.41) is 11.2. The molecule has 6 heteroatoms. The molecule has 3 aromatic carbocycles. The van der Waals surface area contributed by atoms with Crippen molar-refractivity contribution < 1.29 is 23.8 Å². The smallest absolute Gasteiger partial charge is 0.295 e. The van der Waals surface area contributed by atoms with Crippen LogP contribution in [0.1, 0.15) is 35.2 Å². The number of hydrogen-bond donors (Lipinski definition) is 1. The fraction of sp³-hybridized carbons (Fsp3) is 0.185. The van der Waals surface area contributed by atoms with Crippen molar-refractivity contribution in [1.29, 1.82) is 0 Å². The Hall–Kier alpha value is -3.93. The molecule has 1 aliphatic heterocycles. The van der Waals surface area contributed by atoms with Crippen molar-refractivity contribution >= 4 is 17.4 Å². The fourth-order valence-electron chi connectivity index (χ4n) is 4.08. The van der Waals surface area contributed by atoms with Gasteiger partial charge in [-0.15, -0.1) is 0 Å². The third-order valence-corrected chi connectivity index (χ3v) is 5.67. The van der Waals surface area contributed by atoms with Gasteiger partial charge >= 0.3 is 0 Å². The van der Waals surface area contributed by atoms with Crippen LogP contribution in [-0.2, 0) is 16.1 Å². The second-order valence-electron chi connectivity index (χ2n) is 7.88. The summed E-state index contributed by atoms with van der Waals surface area (Å²) < 4.78 is 18.9. The average molecular weight is 445 g/mol. The molecule has 1 atom stereocenters. The van der Waals surface area contributed by atoms with E-state index in [1.165, 1.54) is 17.0 Å². The molecule has 33 heavy (non-hydrogen) atoms. The number of aliphatic hydroxyl groups is 1. The van der Waals surface area contributed by atoms with Gasteiger partial charge in [-0.1, -0.05) is 42.5 Å². The molecule has 0 radical (unpaired) electrons. The Morgan fingerprint density at radius 2 is 1.73 bits per heavy atom. The van der Waals surface area contributed by atoms with Crippen molar-refractivity contribution in [2.75, 3.05) is 6.61 Å². The molecule has 1 fully saturated rings. The van der Waals surface area contributed by atoms with Crippen LogP contribution in [0.3, 0.4) is 0 Å². The van der Waals surface area contributed by atoms with Crippen LogP contribution in [-0.4, -0.2) is 28.3 Å². The molecule has 5 nitrogen and oxygen atoms in total. The lowest BCUT2D eigenvalue weighted by molar-refractivity contribution is -0.140. The second kappa shape index (κ2) is 9.28. The Kier molecular flexibility index (Phi) is 6.27. The molecule has 1 saturated heterocycles. The number of likely N-dealkylation sites (tertiary alicyclic amines) is 1. The lowest BCUT2D eigenvalue weighted by Gasteiger charge is -2.25. The summed E-state index contributed by atoms with van der Waals surface area (Å²) in [6.07, 6.45) is 0. The summed E-state index contributed by atoms with van der Waals surface area (Å²) in [5.41, 5.74) is 2.63. The van der Waals surface area contributed by atoms with Gasteiger partial charge in [0.25, 0.3) is 11.7 Å². The number of ether oxygens (including phenoxy) is 1. The standard InChI is InChI=1S/C27H24FNO4/c1-3-33-22-14-11-20(15-17(22)2)25(30)23-24(19-7-5-4-6-8-19)29(27(32)26(23)31)16-18-9-12-21(28)13-10-18/h4-15,24,30H,3,16H2,1-2H3/b25-23-. The lowest BCUT2D eigenvalue weighted by Crippen LogP contribution is -2.29. The number of benzene rings is 3. The van der Waals surface area contributed by atoms with Crippen molar-refractivity contribution in [1.82, 2.24) is 4.90 Å².